The third kappa shape index (κ3) is 2.22. The molecule has 1 fully saturated rings. The third-order valence-electron chi connectivity index (χ3n) is 3.20. The number of carboxylic acid groups (broad SMARTS) is 1. The molecule has 0 saturated heterocycles. The molecule has 2 N–H and O–H groups in total. The fourth-order valence-corrected chi connectivity index (χ4v) is 1.83. The number of nitrogens with one attached hydrogen (secondary N) is 1. The van der Waals surface area contributed by atoms with Crippen molar-refractivity contribution in [2.75, 3.05) is 0 Å². The average Bonchev–Trinajstić information content (AvgIpc) is 3.11. The number of carbonyl (C=O) groups is 1. The van der Waals surface area contributed by atoms with Gasteiger partial charge in [-0.1, -0.05) is 6.07 Å². The maximum atomic E-state index is 11.2. The summed E-state index contributed by atoms with van der Waals surface area (Å²) in [5.74, 6) is -0.514. The summed E-state index contributed by atoms with van der Waals surface area (Å²) in [6, 6.07) is 5.64. The fraction of sp³-hybridized carbons (Fsp3) is 0.500. The van der Waals surface area contributed by atoms with E-state index in [9.17, 15) is 9.90 Å². The van der Waals surface area contributed by atoms with Gasteiger partial charge in [-0.2, -0.15) is 0 Å². The number of aliphatic carboxylic acids is 1. The molecule has 1 atom stereocenters. The molecule has 0 aliphatic heterocycles. The molecule has 0 amide bonds. The zero-order valence-corrected chi connectivity index (χ0v) is 9.31. The minimum atomic E-state index is -0.808. The van der Waals surface area contributed by atoms with Crippen LogP contribution in [0.5, 0.6) is 0 Å². The summed E-state index contributed by atoms with van der Waals surface area (Å²) in [6.07, 6.45) is 3.71. The van der Waals surface area contributed by atoms with Crippen molar-refractivity contribution in [3.8, 4) is 0 Å². The van der Waals surface area contributed by atoms with Gasteiger partial charge in [-0.05, 0) is 37.8 Å². The first-order valence-electron chi connectivity index (χ1n) is 5.51. The van der Waals surface area contributed by atoms with E-state index in [-0.39, 0.29) is 5.92 Å². The van der Waals surface area contributed by atoms with E-state index in [1.165, 1.54) is 0 Å². The Hall–Kier alpha value is -1.42. The summed E-state index contributed by atoms with van der Waals surface area (Å²) in [4.78, 5) is 15.4. The standard InChI is InChI=1S/C12H16N2O2/c1-12(11(15)16,9-5-6-9)14-8-10-4-2-3-7-13-10/h2-4,7,9,14H,5-6,8H2,1H3,(H,15,16). The molecule has 16 heavy (non-hydrogen) atoms. The van der Waals surface area contributed by atoms with E-state index in [1.807, 2.05) is 18.2 Å². The summed E-state index contributed by atoms with van der Waals surface area (Å²) in [5, 5.41) is 12.3. The zero-order valence-electron chi connectivity index (χ0n) is 9.31. The molecule has 0 bridgehead atoms. The lowest BCUT2D eigenvalue weighted by molar-refractivity contribution is -0.145. The molecular weight excluding hydrogens is 204 g/mol. The van der Waals surface area contributed by atoms with Crippen LogP contribution in [0.25, 0.3) is 0 Å². The van der Waals surface area contributed by atoms with Gasteiger partial charge in [0.2, 0.25) is 0 Å². The van der Waals surface area contributed by atoms with Crippen molar-refractivity contribution >= 4 is 5.97 Å². The first kappa shape index (κ1) is 11.1. The van der Waals surface area contributed by atoms with Crippen LogP contribution in [0.15, 0.2) is 24.4 Å². The second-order valence-electron chi connectivity index (χ2n) is 4.46. The normalized spacial score (nSPS) is 19.1. The summed E-state index contributed by atoms with van der Waals surface area (Å²) < 4.78 is 0. The molecule has 1 aromatic rings. The van der Waals surface area contributed by atoms with Gasteiger partial charge in [-0.3, -0.25) is 15.1 Å². The van der Waals surface area contributed by atoms with Gasteiger partial charge in [0.25, 0.3) is 0 Å². The molecular formula is C12H16N2O2. The van der Waals surface area contributed by atoms with Gasteiger partial charge in [-0.15, -0.1) is 0 Å². The monoisotopic (exact) mass is 220 g/mol. The third-order valence-corrected chi connectivity index (χ3v) is 3.20. The first-order chi connectivity index (χ1) is 7.63. The molecule has 1 aliphatic rings. The lowest BCUT2D eigenvalue weighted by Gasteiger charge is -2.26. The topological polar surface area (TPSA) is 62.2 Å². The predicted octanol–water partition coefficient (Wildman–Crippen LogP) is 1.42. The average molecular weight is 220 g/mol. The Morgan fingerprint density at radius 2 is 2.38 bits per heavy atom. The minimum Gasteiger partial charge on any atom is -0.480 e. The molecule has 1 heterocycles. The minimum absolute atomic E-state index is 0.258. The zero-order chi connectivity index (χ0) is 11.6. The van der Waals surface area contributed by atoms with Crippen LogP contribution >= 0.6 is 0 Å². The molecule has 86 valence electrons. The SMILES string of the molecule is CC(NCc1ccccn1)(C(=O)O)C1CC1. The van der Waals surface area contributed by atoms with E-state index in [0.29, 0.717) is 6.54 Å². The van der Waals surface area contributed by atoms with Gasteiger partial charge in [0.15, 0.2) is 0 Å². The summed E-state index contributed by atoms with van der Waals surface area (Å²) in [6.45, 7) is 2.26. The van der Waals surface area contributed by atoms with Gasteiger partial charge in [-0.25, -0.2) is 0 Å². The lowest BCUT2D eigenvalue weighted by atomic mass is 9.96. The van der Waals surface area contributed by atoms with Crippen molar-refractivity contribution in [1.29, 1.82) is 0 Å². The number of pyridine rings is 1. The van der Waals surface area contributed by atoms with Crippen LogP contribution in [-0.2, 0) is 11.3 Å². The van der Waals surface area contributed by atoms with Crippen molar-refractivity contribution < 1.29 is 9.90 Å². The van der Waals surface area contributed by atoms with Crippen LogP contribution in [0.2, 0.25) is 0 Å². The van der Waals surface area contributed by atoms with Crippen molar-refractivity contribution in [2.45, 2.75) is 31.8 Å². The van der Waals surface area contributed by atoms with Crippen molar-refractivity contribution in [3.05, 3.63) is 30.1 Å². The fourth-order valence-electron chi connectivity index (χ4n) is 1.83. The second-order valence-corrected chi connectivity index (χ2v) is 4.46. The number of hydrogen-bond donors (Lipinski definition) is 2. The van der Waals surface area contributed by atoms with Gasteiger partial charge in [0.1, 0.15) is 5.54 Å². The van der Waals surface area contributed by atoms with E-state index < -0.39 is 11.5 Å². The maximum Gasteiger partial charge on any atom is 0.323 e. The summed E-state index contributed by atoms with van der Waals surface area (Å²) in [5.41, 5.74) is 0.0629. The Morgan fingerprint density at radius 3 is 2.88 bits per heavy atom. The van der Waals surface area contributed by atoms with Crippen LogP contribution < -0.4 is 5.32 Å². The molecule has 1 aromatic heterocycles. The van der Waals surface area contributed by atoms with E-state index >= 15 is 0 Å². The Kier molecular flexibility index (Phi) is 2.92. The Labute approximate surface area is 94.7 Å². The molecule has 2 rings (SSSR count). The quantitative estimate of drug-likeness (QED) is 0.788. The smallest absolute Gasteiger partial charge is 0.323 e. The molecule has 4 nitrogen and oxygen atoms in total. The van der Waals surface area contributed by atoms with Crippen molar-refractivity contribution in [3.63, 3.8) is 0 Å². The molecule has 0 spiro atoms. The van der Waals surface area contributed by atoms with Crippen molar-refractivity contribution in [1.82, 2.24) is 10.3 Å². The molecule has 1 unspecified atom stereocenters. The number of nitrogens with zero attached hydrogens (tertiary/aromatic N) is 1. The highest BCUT2D eigenvalue weighted by molar-refractivity contribution is 5.79. The molecule has 0 aromatic carbocycles. The van der Waals surface area contributed by atoms with Crippen LogP contribution in [0, 0.1) is 5.92 Å². The van der Waals surface area contributed by atoms with E-state index in [1.54, 1.807) is 13.1 Å². The van der Waals surface area contributed by atoms with Crippen LogP contribution in [0.3, 0.4) is 0 Å². The van der Waals surface area contributed by atoms with E-state index in [4.69, 9.17) is 0 Å². The summed E-state index contributed by atoms with van der Waals surface area (Å²) >= 11 is 0. The molecule has 1 aliphatic carbocycles. The second kappa shape index (κ2) is 4.22. The highest BCUT2D eigenvalue weighted by Gasteiger charge is 2.47. The Morgan fingerprint density at radius 1 is 1.62 bits per heavy atom. The van der Waals surface area contributed by atoms with E-state index in [2.05, 4.69) is 10.3 Å². The van der Waals surface area contributed by atoms with Gasteiger partial charge >= 0.3 is 5.97 Å². The largest absolute Gasteiger partial charge is 0.480 e. The molecule has 0 radical (unpaired) electrons. The number of aromatic nitrogens is 1. The van der Waals surface area contributed by atoms with Crippen molar-refractivity contribution in [2.24, 2.45) is 5.92 Å². The highest BCUT2D eigenvalue weighted by Crippen LogP contribution is 2.39. The molecule has 4 heteroatoms. The lowest BCUT2D eigenvalue weighted by Crippen LogP contribution is -2.51. The number of hydrogen-bond acceptors (Lipinski definition) is 3. The number of carboxylic acids is 1. The van der Waals surface area contributed by atoms with Gasteiger partial charge in [0.05, 0.1) is 5.69 Å². The first-order valence-corrected chi connectivity index (χ1v) is 5.51. The predicted molar refractivity (Wildman–Crippen MR) is 59.8 cm³/mol. The molecule has 1 saturated carbocycles. The van der Waals surface area contributed by atoms with Crippen LogP contribution in [0.4, 0.5) is 0 Å². The Balaban J connectivity index is 2.00. The maximum absolute atomic E-state index is 11.2. The summed E-state index contributed by atoms with van der Waals surface area (Å²) in [7, 11) is 0. The number of rotatable bonds is 5. The van der Waals surface area contributed by atoms with Crippen LogP contribution in [-0.4, -0.2) is 21.6 Å². The Bertz CT molecular complexity index is 376. The van der Waals surface area contributed by atoms with Gasteiger partial charge < -0.3 is 5.11 Å². The van der Waals surface area contributed by atoms with Gasteiger partial charge in [0, 0.05) is 12.7 Å². The highest BCUT2D eigenvalue weighted by atomic mass is 16.4. The van der Waals surface area contributed by atoms with Crippen LogP contribution in [0.1, 0.15) is 25.5 Å². The van der Waals surface area contributed by atoms with E-state index in [0.717, 1.165) is 18.5 Å².